The first-order valence-electron chi connectivity index (χ1n) is 6.96. The topological polar surface area (TPSA) is 64.7 Å². The zero-order chi connectivity index (χ0) is 17.5. The van der Waals surface area contributed by atoms with Crippen molar-refractivity contribution >= 4 is 11.6 Å². The van der Waals surface area contributed by atoms with Gasteiger partial charge in [-0.15, -0.1) is 0 Å². The van der Waals surface area contributed by atoms with Crippen LogP contribution in [-0.2, 0) is 18.0 Å². The smallest absolute Gasteiger partial charge is 0.321 e. The Bertz CT molecular complexity index is 744. The first-order chi connectivity index (χ1) is 10.5. The Balaban J connectivity index is 2.25. The molecular weight excluding hydrogens is 311 g/mol. The summed E-state index contributed by atoms with van der Waals surface area (Å²) in [6.45, 7) is 6.51. The molecule has 0 aliphatic carbocycles. The molecule has 2 aromatic rings. The Morgan fingerprint density at radius 3 is 2.30 bits per heavy atom. The molecule has 1 unspecified atom stereocenters. The molecule has 0 fully saturated rings. The summed E-state index contributed by atoms with van der Waals surface area (Å²) in [6, 6.07) is 0.0368. The van der Waals surface area contributed by atoms with E-state index in [1.54, 1.807) is 25.6 Å². The quantitative estimate of drug-likeness (QED) is 0.942. The van der Waals surface area contributed by atoms with Crippen LogP contribution in [0.25, 0.3) is 0 Å². The maximum atomic E-state index is 12.7. The summed E-state index contributed by atoms with van der Waals surface area (Å²) in [6.07, 6.45) is -4.54. The predicted octanol–water partition coefficient (Wildman–Crippen LogP) is 2.76. The second kappa shape index (κ2) is 5.71. The summed E-state index contributed by atoms with van der Waals surface area (Å²) in [5.41, 5.74) is 1.21. The van der Waals surface area contributed by atoms with Crippen LogP contribution in [0.3, 0.4) is 0 Å². The van der Waals surface area contributed by atoms with Crippen molar-refractivity contribution < 1.29 is 18.0 Å². The van der Waals surface area contributed by atoms with E-state index < -0.39 is 23.8 Å². The van der Waals surface area contributed by atoms with Crippen molar-refractivity contribution in [2.75, 3.05) is 5.32 Å². The molecule has 0 saturated carbocycles. The Morgan fingerprint density at radius 1 is 1.26 bits per heavy atom. The zero-order valence-electron chi connectivity index (χ0n) is 13.5. The lowest BCUT2D eigenvalue weighted by Gasteiger charge is -2.15. The maximum absolute atomic E-state index is 12.7. The Hall–Kier alpha value is -2.32. The summed E-state index contributed by atoms with van der Waals surface area (Å²) in [5, 5.41) is 10.4. The van der Waals surface area contributed by atoms with Crippen molar-refractivity contribution in [3.63, 3.8) is 0 Å². The molecule has 1 N–H and O–H groups in total. The van der Waals surface area contributed by atoms with Crippen LogP contribution in [0.5, 0.6) is 0 Å². The molecule has 0 bridgehead atoms. The lowest BCUT2D eigenvalue weighted by atomic mass is 10.2. The van der Waals surface area contributed by atoms with Crippen molar-refractivity contribution in [1.82, 2.24) is 19.6 Å². The highest BCUT2D eigenvalue weighted by molar-refractivity contribution is 5.94. The Morgan fingerprint density at radius 2 is 1.87 bits per heavy atom. The number of aryl methyl sites for hydroxylation is 3. The van der Waals surface area contributed by atoms with Crippen LogP contribution >= 0.6 is 0 Å². The zero-order valence-corrected chi connectivity index (χ0v) is 13.5. The van der Waals surface area contributed by atoms with E-state index in [0.717, 1.165) is 16.4 Å². The van der Waals surface area contributed by atoms with Crippen LogP contribution in [0, 0.1) is 20.8 Å². The minimum Gasteiger partial charge on any atom is -0.321 e. The molecule has 1 atom stereocenters. The van der Waals surface area contributed by atoms with E-state index in [0.29, 0.717) is 11.4 Å². The SMILES string of the molecule is Cc1nn(C)c(C)c1NC(=O)C(C)n1nc(C(F)(F)F)cc1C. The molecule has 2 heterocycles. The van der Waals surface area contributed by atoms with Gasteiger partial charge in [-0.3, -0.25) is 14.2 Å². The molecule has 2 aromatic heterocycles. The lowest BCUT2D eigenvalue weighted by Crippen LogP contribution is -2.26. The van der Waals surface area contributed by atoms with Crippen molar-refractivity contribution in [3.05, 3.63) is 28.8 Å². The van der Waals surface area contributed by atoms with Gasteiger partial charge in [0.2, 0.25) is 5.91 Å². The van der Waals surface area contributed by atoms with Gasteiger partial charge in [-0.05, 0) is 33.8 Å². The first-order valence-corrected chi connectivity index (χ1v) is 6.96. The summed E-state index contributed by atoms with van der Waals surface area (Å²) < 4.78 is 40.8. The molecule has 1 amide bonds. The van der Waals surface area contributed by atoms with Gasteiger partial charge < -0.3 is 5.32 Å². The molecule has 126 valence electrons. The molecule has 0 spiro atoms. The number of hydrogen-bond donors (Lipinski definition) is 1. The van der Waals surface area contributed by atoms with Crippen LogP contribution in [0.4, 0.5) is 18.9 Å². The fourth-order valence-corrected chi connectivity index (χ4v) is 2.31. The number of anilines is 1. The normalized spacial score (nSPS) is 13.2. The van der Waals surface area contributed by atoms with Crippen LogP contribution < -0.4 is 5.32 Å². The fourth-order valence-electron chi connectivity index (χ4n) is 2.31. The first kappa shape index (κ1) is 17.0. The van der Waals surface area contributed by atoms with Crippen LogP contribution in [0.1, 0.15) is 35.7 Å². The van der Waals surface area contributed by atoms with Gasteiger partial charge in [0.25, 0.3) is 0 Å². The minimum atomic E-state index is -4.54. The van der Waals surface area contributed by atoms with Gasteiger partial charge in [0.15, 0.2) is 5.69 Å². The second-order valence-electron chi connectivity index (χ2n) is 5.45. The van der Waals surface area contributed by atoms with Crippen molar-refractivity contribution in [2.24, 2.45) is 7.05 Å². The molecule has 0 aliphatic rings. The molecule has 6 nitrogen and oxygen atoms in total. The van der Waals surface area contributed by atoms with Crippen molar-refractivity contribution in [1.29, 1.82) is 0 Å². The van der Waals surface area contributed by atoms with Gasteiger partial charge >= 0.3 is 6.18 Å². The number of carbonyl (C=O) groups excluding carboxylic acids is 1. The number of carbonyl (C=O) groups is 1. The summed E-state index contributed by atoms with van der Waals surface area (Å²) >= 11 is 0. The third kappa shape index (κ3) is 3.22. The third-order valence-corrected chi connectivity index (χ3v) is 3.72. The molecule has 0 aromatic carbocycles. The van der Waals surface area contributed by atoms with E-state index in [9.17, 15) is 18.0 Å². The van der Waals surface area contributed by atoms with Crippen LogP contribution in [-0.4, -0.2) is 25.5 Å². The standard InChI is InChI=1S/C14H18F3N5O/c1-7-6-11(14(15,16)17)20-22(7)10(4)13(23)18-12-8(2)19-21(5)9(12)3/h6,10H,1-5H3,(H,18,23). The van der Waals surface area contributed by atoms with Gasteiger partial charge in [0.1, 0.15) is 6.04 Å². The lowest BCUT2D eigenvalue weighted by molar-refractivity contribution is -0.141. The fraction of sp³-hybridized carbons (Fsp3) is 0.500. The minimum absolute atomic E-state index is 0.264. The Kier molecular flexibility index (Phi) is 4.23. The monoisotopic (exact) mass is 329 g/mol. The van der Waals surface area contributed by atoms with Gasteiger partial charge in [0, 0.05) is 12.7 Å². The number of nitrogens with zero attached hydrogens (tertiary/aromatic N) is 4. The molecule has 9 heteroatoms. The molecule has 2 rings (SSSR count). The van der Waals surface area contributed by atoms with E-state index in [-0.39, 0.29) is 5.69 Å². The van der Waals surface area contributed by atoms with Gasteiger partial charge in [-0.1, -0.05) is 0 Å². The highest BCUT2D eigenvalue weighted by Crippen LogP contribution is 2.29. The number of hydrogen-bond acceptors (Lipinski definition) is 3. The average molecular weight is 329 g/mol. The third-order valence-electron chi connectivity index (χ3n) is 3.72. The van der Waals surface area contributed by atoms with Gasteiger partial charge in [-0.25, -0.2) is 0 Å². The maximum Gasteiger partial charge on any atom is 0.435 e. The van der Waals surface area contributed by atoms with E-state index in [1.807, 2.05) is 0 Å². The molecule has 23 heavy (non-hydrogen) atoms. The summed E-state index contributed by atoms with van der Waals surface area (Å²) in [7, 11) is 1.74. The van der Waals surface area contributed by atoms with Crippen molar-refractivity contribution in [3.8, 4) is 0 Å². The highest BCUT2D eigenvalue weighted by atomic mass is 19.4. The van der Waals surface area contributed by atoms with E-state index in [2.05, 4.69) is 15.5 Å². The van der Waals surface area contributed by atoms with Crippen LogP contribution in [0.2, 0.25) is 0 Å². The van der Waals surface area contributed by atoms with Crippen molar-refractivity contribution in [2.45, 2.75) is 39.9 Å². The summed E-state index contributed by atoms with van der Waals surface area (Å²) in [5.74, 6) is -0.455. The van der Waals surface area contributed by atoms with Crippen LogP contribution in [0.15, 0.2) is 6.07 Å². The van der Waals surface area contributed by atoms with E-state index >= 15 is 0 Å². The van der Waals surface area contributed by atoms with E-state index in [1.165, 1.54) is 13.8 Å². The van der Waals surface area contributed by atoms with Gasteiger partial charge in [-0.2, -0.15) is 23.4 Å². The van der Waals surface area contributed by atoms with Gasteiger partial charge in [0.05, 0.1) is 17.1 Å². The number of alkyl halides is 3. The highest BCUT2D eigenvalue weighted by Gasteiger charge is 2.35. The summed E-state index contributed by atoms with van der Waals surface area (Å²) in [4.78, 5) is 12.3. The van der Waals surface area contributed by atoms with E-state index in [4.69, 9.17) is 0 Å². The predicted molar refractivity (Wildman–Crippen MR) is 78.0 cm³/mol. The molecule has 0 radical (unpaired) electrons. The number of aromatic nitrogens is 4. The number of nitrogens with one attached hydrogen (secondary N) is 1. The Labute approximate surface area is 131 Å². The molecule has 0 saturated heterocycles. The molecule has 0 aliphatic heterocycles. The largest absolute Gasteiger partial charge is 0.435 e. The average Bonchev–Trinajstić information content (AvgIpc) is 2.93. The number of rotatable bonds is 3. The molecular formula is C14H18F3N5O. The number of halogens is 3. The second-order valence-corrected chi connectivity index (χ2v) is 5.45. The number of amides is 1.